The zero-order valence-corrected chi connectivity index (χ0v) is 29.9. The Hall–Kier alpha value is -4.43. The second-order valence-corrected chi connectivity index (χ2v) is 14.4. The fourth-order valence-electron chi connectivity index (χ4n) is 5.73. The maximum atomic E-state index is 13.9. The molecule has 50 heavy (non-hydrogen) atoms. The van der Waals surface area contributed by atoms with Crippen molar-refractivity contribution < 1.29 is 27.5 Å². The van der Waals surface area contributed by atoms with Gasteiger partial charge in [-0.1, -0.05) is 35.3 Å². The van der Waals surface area contributed by atoms with Gasteiger partial charge >= 0.3 is 0 Å². The van der Waals surface area contributed by atoms with E-state index < -0.39 is 22.0 Å². The van der Waals surface area contributed by atoms with Gasteiger partial charge in [0.25, 0.3) is 5.91 Å². The van der Waals surface area contributed by atoms with Crippen molar-refractivity contribution in [2.75, 3.05) is 26.2 Å². The number of nitrogens with one attached hydrogen (secondary N) is 2. The molecule has 12 nitrogen and oxygen atoms in total. The van der Waals surface area contributed by atoms with Crippen LogP contribution in [0.15, 0.2) is 70.7 Å². The number of hydrazone groups is 1. The van der Waals surface area contributed by atoms with Gasteiger partial charge in [0.2, 0.25) is 15.9 Å². The van der Waals surface area contributed by atoms with Crippen LogP contribution in [-0.4, -0.2) is 68.0 Å². The van der Waals surface area contributed by atoms with Crippen molar-refractivity contribution >= 4 is 62.2 Å². The van der Waals surface area contributed by atoms with E-state index >= 15 is 0 Å². The van der Waals surface area contributed by atoms with E-state index in [2.05, 4.69) is 20.7 Å². The number of sulfonamides is 1. The van der Waals surface area contributed by atoms with Gasteiger partial charge in [0.15, 0.2) is 6.61 Å². The number of carbonyl (C=O) groups excluding carboxylic acids is 2. The lowest BCUT2D eigenvalue weighted by Crippen LogP contribution is -2.46. The Kier molecular flexibility index (Phi) is 12.2. The molecule has 1 fully saturated rings. The summed E-state index contributed by atoms with van der Waals surface area (Å²) in [6.45, 7) is 4.31. The average Bonchev–Trinajstić information content (AvgIpc) is 3.59. The predicted molar refractivity (Wildman–Crippen MR) is 193 cm³/mol. The second-order valence-electron chi connectivity index (χ2n) is 11.8. The number of carbonyl (C=O) groups is 2. The highest BCUT2D eigenvalue weighted by Gasteiger charge is 2.40. The lowest BCUT2D eigenvalue weighted by atomic mass is 10.1. The molecule has 0 unspecified atom stereocenters. The summed E-state index contributed by atoms with van der Waals surface area (Å²) in [5, 5.41) is 10.1. The number of pyridine rings is 1. The van der Waals surface area contributed by atoms with Crippen molar-refractivity contribution in [3.63, 3.8) is 0 Å². The van der Waals surface area contributed by atoms with Gasteiger partial charge in [-0.05, 0) is 92.8 Å². The van der Waals surface area contributed by atoms with Gasteiger partial charge in [-0.25, -0.2) is 13.4 Å². The van der Waals surface area contributed by atoms with Crippen LogP contribution in [0.3, 0.4) is 0 Å². The summed E-state index contributed by atoms with van der Waals surface area (Å²) in [6, 6.07) is 16.4. The van der Waals surface area contributed by atoms with Crippen LogP contribution in [0.1, 0.15) is 41.6 Å². The number of rotatable bonds is 14. The summed E-state index contributed by atoms with van der Waals surface area (Å²) in [7, 11) is -4.18. The molecule has 1 aromatic heterocycles. The highest BCUT2D eigenvalue weighted by atomic mass is 35.5. The molecule has 2 amide bonds. The second kappa shape index (κ2) is 16.5. The SMILES string of the molecule is Cc1cc(C)c2cccc(OCc3c(Cl)ccc(S(=O)(=O)N4CCC[C@H]4C(=O)NCCCNC(=O)COc4ccc(C=NN)cc4)c3Cl)c2n1. The normalized spacial score (nSPS) is 15.0. The fourth-order valence-corrected chi connectivity index (χ4v) is 8.25. The zero-order chi connectivity index (χ0) is 35.8. The summed E-state index contributed by atoms with van der Waals surface area (Å²) in [6.07, 6.45) is 2.79. The monoisotopic (exact) mass is 740 g/mol. The van der Waals surface area contributed by atoms with Crippen molar-refractivity contribution in [3.05, 3.63) is 93.1 Å². The van der Waals surface area contributed by atoms with E-state index in [0.29, 0.717) is 48.4 Å². The molecule has 1 aliphatic heterocycles. The van der Waals surface area contributed by atoms with Gasteiger partial charge in [0.1, 0.15) is 34.6 Å². The Labute approximate surface area is 301 Å². The number of aryl methyl sites for hydroxylation is 2. The summed E-state index contributed by atoms with van der Waals surface area (Å²) in [5.74, 6) is 5.42. The molecule has 0 bridgehead atoms. The lowest BCUT2D eigenvalue weighted by molar-refractivity contribution is -0.124. The molecule has 4 aromatic rings. The van der Waals surface area contributed by atoms with Gasteiger partial charge in [-0.15, -0.1) is 0 Å². The number of benzene rings is 3. The molecule has 0 spiro atoms. The van der Waals surface area contributed by atoms with Gasteiger partial charge in [-0.3, -0.25) is 9.59 Å². The van der Waals surface area contributed by atoms with E-state index in [-0.39, 0.29) is 47.2 Å². The number of para-hydroxylation sites is 1. The Bertz CT molecular complexity index is 2010. The lowest BCUT2D eigenvalue weighted by Gasteiger charge is -2.24. The minimum Gasteiger partial charge on any atom is -0.487 e. The maximum Gasteiger partial charge on any atom is 0.257 e. The van der Waals surface area contributed by atoms with Crippen LogP contribution >= 0.6 is 23.2 Å². The Morgan fingerprint density at radius 1 is 1.06 bits per heavy atom. The molecule has 2 heterocycles. The third-order valence-corrected chi connectivity index (χ3v) is 11.0. The Morgan fingerprint density at radius 2 is 1.82 bits per heavy atom. The van der Waals surface area contributed by atoms with Crippen molar-refractivity contribution in [3.8, 4) is 11.5 Å². The Balaban J connectivity index is 1.15. The summed E-state index contributed by atoms with van der Waals surface area (Å²) in [4.78, 5) is 29.8. The van der Waals surface area contributed by atoms with Crippen LogP contribution in [-0.2, 0) is 26.2 Å². The number of amides is 2. The molecule has 1 saturated heterocycles. The van der Waals surface area contributed by atoms with E-state index in [9.17, 15) is 18.0 Å². The van der Waals surface area contributed by atoms with E-state index in [4.69, 9.17) is 38.5 Å². The summed E-state index contributed by atoms with van der Waals surface area (Å²) >= 11 is 13.2. The third kappa shape index (κ3) is 8.64. The fraction of sp³-hybridized carbons (Fsp3) is 0.314. The first-order chi connectivity index (χ1) is 24.0. The van der Waals surface area contributed by atoms with Gasteiger partial charge in [0.05, 0.1) is 11.2 Å². The largest absolute Gasteiger partial charge is 0.487 e. The zero-order valence-electron chi connectivity index (χ0n) is 27.6. The van der Waals surface area contributed by atoms with E-state index in [1.807, 2.05) is 32.0 Å². The van der Waals surface area contributed by atoms with Crippen LogP contribution in [0.25, 0.3) is 10.9 Å². The molecule has 15 heteroatoms. The molecular formula is C35H38Cl2N6O6S. The van der Waals surface area contributed by atoms with Crippen LogP contribution in [0.2, 0.25) is 10.0 Å². The molecule has 0 radical (unpaired) electrons. The van der Waals surface area contributed by atoms with Gasteiger partial charge in [0, 0.05) is 41.3 Å². The Morgan fingerprint density at radius 3 is 2.58 bits per heavy atom. The quantitative estimate of drug-likeness (QED) is 0.0712. The molecule has 5 rings (SSSR count). The van der Waals surface area contributed by atoms with Crippen LogP contribution < -0.4 is 25.9 Å². The smallest absolute Gasteiger partial charge is 0.257 e. The number of fused-ring (bicyclic) bond motifs is 1. The molecule has 1 aliphatic rings. The number of halogens is 2. The van der Waals surface area contributed by atoms with Crippen LogP contribution in [0.5, 0.6) is 11.5 Å². The molecule has 0 saturated carbocycles. The molecule has 1 atom stereocenters. The van der Waals surface area contributed by atoms with E-state index in [0.717, 1.165) is 22.2 Å². The van der Waals surface area contributed by atoms with Crippen molar-refractivity contribution in [2.24, 2.45) is 10.9 Å². The van der Waals surface area contributed by atoms with Gasteiger partial charge in [-0.2, -0.15) is 9.41 Å². The highest BCUT2D eigenvalue weighted by molar-refractivity contribution is 7.89. The maximum absolute atomic E-state index is 13.9. The molecule has 264 valence electrons. The van der Waals surface area contributed by atoms with E-state index in [1.54, 1.807) is 30.3 Å². The third-order valence-electron chi connectivity index (χ3n) is 8.20. The van der Waals surface area contributed by atoms with E-state index in [1.165, 1.54) is 22.7 Å². The summed E-state index contributed by atoms with van der Waals surface area (Å²) < 4.78 is 40.6. The molecule has 0 aliphatic carbocycles. The van der Waals surface area contributed by atoms with Gasteiger partial charge < -0.3 is 25.9 Å². The first-order valence-corrected chi connectivity index (χ1v) is 18.2. The predicted octanol–water partition coefficient (Wildman–Crippen LogP) is 4.88. The van der Waals surface area contributed by atoms with Crippen LogP contribution in [0, 0.1) is 13.8 Å². The molecule has 4 N–H and O–H groups in total. The highest BCUT2D eigenvalue weighted by Crippen LogP contribution is 2.36. The number of ether oxygens (including phenoxy) is 2. The van der Waals surface area contributed by atoms with Crippen molar-refractivity contribution in [2.45, 2.75) is 50.7 Å². The number of nitrogens with zero attached hydrogens (tertiary/aromatic N) is 3. The number of aromatic nitrogens is 1. The first-order valence-electron chi connectivity index (χ1n) is 16.0. The molecular weight excluding hydrogens is 703 g/mol. The standard InChI is InChI=1S/C35H38Cl2N6O6S/c1-22-18-23(2)42-34-26(22)6-3-8-30(34)49-20-27-28(36)13-14-31(33(27)37)50(46,47)43-17-4-7-29(43)35(45)40-16-5-15-39-32(44)21-48-25-11-9-24(10-12-25)19-41-38/h3,6,8-14,18-19,29H,4-5,7,15-17,20-21,38H2,1-2H3,(H,39,44)(H,40,45)/t29-/m0/s1. The topological polar surface area (TPSA) is 165 Å². The molecule has 3 aromatic carbocycles. The summed E-state index contributed by atoms with van der Waals surface area (Å²) in [5.41, 5.74) is 3.68. The number of hydrogen-bond acceptors (Lipinski definition) is 9. The average molecular weight is 742 g/mol. The minimum absolute atomic E-state index is 0.0677. The van der Waals surface area contributed by atoms with Crippen molar-refractivity contribution in [1.82, 2.24) is 19.9 Å². The van der Waals surface area contributed by atoms with Crippen molar-refractivity contribution in [1.29, 1.82) is 0 Å². The number of hydrogen-bond donors (Lipinski definition) is 3. The van der Waals surface area contributed by atoms with Crippen LogP contribution in [0.4, 0.5) is 0 Å². The minimum atomic E-state index is -4.18. The number of nitrogens with two attached hydrogens (primary N) is 1. The first kappa shape index (κ1) is 36.8.